The van der Waals surface area contributed by atoms with Crippen molar-refractivity contribution < 1.29 is 8.83 Å². The summed E-state index contributed by atoms with van der Waals surface area (Å²) in [4.78, 5) is 15.0. The average molecular weight is 600 g/mol. The summed E-state index contributed by atoms with van der Waals surface area (Å²) < 4.78 is 12.5. The van der Waals surface area contributed by atoms with Crippen molar-refractivity contribution in [2.24, 2.45) is 0 Å². The molecule has 0 aliphatic carbocycles. The zero-order valence-electron chi connectivity index (χ0n) is 23.7. The highest BCUT2D eigenvalue weighted by molar-refractivity contribution is 6.34. The van der Waals surface area contributed by atoms with E-state index in [0.29, 0.717) is 28.1 Å². The summed E-state index contributed by atoms with van der Waals surface area (Å²) in [6.45, 7) is 0. The number of rotatable bonds is 4. The van der Waals surface area contributed by atoms with Crippen molar-refractivity contribution in [3.63, 3.8) is 0 Å². The largest absolute Gasteiger partial charge is 0.456 e. The lowest BCUT2D eigenvalue weighted by atomic mass is 10.0. The molecule has 3 aromatic heterocycles. The third-order valence-corrected chi connectivity index (χ3v) is 8.53. The van der Waals surface area contributed by atoms with E-state index in [1.54, 1.807) is 0 Å². The van der Waals surface area contributed by atoms with Gasteiger partial charge in [-0.2, -0.15) is 0 Å². The van der Waals surface area contributed by atoms with Crippen LogP contribution >= 0.6 is 11.6 Å². The molecule has 5 nitrogen and oxygen atoms in total. The maximum Gasteiger partial charge on any atom is 0.164 e. The highest BCUT2D eigenvalue weighted by Crippen LogP contribution is 2.41. The van der Waals surface area contributed by atoms with E-state index in [9.17, 15) is 0 Å². The maximum atomic E-state index is 6.77. The van der Waals surface area contributed by atoms with Gasteiger partial charge in [-0.25, -0.2) is 15.0 Å². The predicted octanol–water partition coefficient (Wildman–Crippen LogP) is 11.0. The monoisotopic (exact) mass is 599 g/mol. The van der Waals surface area contributed by atoms with Crippen LogP contribution in [0.1, 0.15) is 0 Å². The first-order valence-electron chi connectivity index (χ1n) is 14.6. The van der Waals surface area contributed by atoms with Crippen molar-refractivity contribution in [2.45, 2.75) is 0 Å². The SMILES string of the molecule is Clc1cc2oc3cccc(-c4nc(-c5ccccc5)nc(-c5ccc6c(c5)oc5ccccc56)n4)c3c2cc1-c1ccccc1. The van der Waals surface area contributed by atoms with Gasteiger partial charge in [0.25, 0.3) is 0 Å². The second-order valence-corrected chi connectivity index (χ2v) is 11.4. The smallest absolute Gasteiger partial charge is 0.164 e. The van der Waals surface area contributed by atoms with Crippen LogP contribution < -0.4 is 0 Å². The molecule has 0 bridgehead atoms. The first-order valence-corrected chi connectivity index (χ1v) is 15.0. The molecule has 6 heteroatoms. The van der Waals surface area contributed by atoms with Gasteiger partial charge in [0.1, 0.15) is 22.3 Å². The summed E-state index contributed by atoms with van der Waals surface area (Å²) in [5.41, 5.74) is 7.61. The van der Waals surface area contributed by atoms with Gasteiger partial charge in [0.2, 0.25) is 0 Å². The number of para-hydroxylation sites is 1. The Hall–Kier alpha value is -5.78. The molecule has 0 fully saturated rings. The van der Waals surface area contributed by atoms with Crippen LogP contribution in [-0.4, -0.2) is 15.0 Å². The minimum Gasteiger partial charge on any atom is -0.456 e. The molecule has 0 saturated heterocycles. The molecule has 0 aliphatic rings. The maximum absolute atomic E-state index is 6.77. The Balaban J connectivity index is 1.29. The summed E-state index contributed by atoms with van der Waals surface area (Å²) in [7, 11) is 0. The van der Waals surface area contributed by atoms with Crippen LogP contribution in [0.3, 0.4) is 0 Å². The molecule has 0 unspecified atom stereocenters. The summed E-state index contributed by atoms with van der Waals surface area (Å²) in [6.07, 6.45) is 0. The van der Waals surface area contributed by atoms with Gasteiger partial charge in [-0.1, -0.05) is 109 Å². The van der Waals surface area contributed by atoms with E-state index in [1.807, 2.05) is 103 Å². The minimum absolute atomic E-state index is 0.549. The molecule has 0 spiro atoms. The number of hydrogen-bond acceptors (Lipinski definition) is 5. The van der Waals surface area contributed by atoms with Gasteiger partial charge in [0, 0.05) is 49.9 Å². The van der Waals surface area contributed by atoms with Gasteiger partial charge in [-0.05, 0) is 35.9 Å². The lowest BCUT2D eigenvalue weighted by Gasteiger charge is -2.09. The van der Waals surface area contributed by atoms with Crippen molar-refractivity contribution in [3.05, 3.63) is 138 Å². The standard InChI is InChI=1S/C39H22ClN3O2/c40-31-22-35-30(21-29(31)23-10-3-1-4-11-23)36-28(15-9-17-33(36)45-35)39-42-37(24-12-5-2-6-13-24)41-38(43-39)25-18-19-27-26-14-7-8-16-32(26)44-34(27)20-25/h1-22H. The fourth-order valence-electron chi connectivity index (χ4n) is 6.08. The van der Waals surface area contributed by atoms with Crippen LogP contribution in [0.2, 0.25) is 5.02 Å². The van der Waals surface area contributed by atoms with E-state index in [-0.39, 0.29) is 0 Å². The zero-order valence-corrected chi connectivity index (χ0v) is 24.5. The average Bonchev–Trinajstić information content (AvgIpc) is 3.65. The molecule has 0 saturated carbocycles. The third-order valence-electron chi connectivity index (χ3n) is 8.21. The number of furan rings is 2. The Morgan fingerprint density at radius 1 is 0.400 bits per heavy atom. The number of nitrogens with zero attached hydrogens (tertiary/aromatic N) is 3. The zero-order chi connectivity index (χ0) is 29.9. The molecule has 0 atom stereocenters. The number of fused-ring (bicyclic) bond motifs is 6. The van der Waals surface area contributed by atoms with E-state index in [0.717, 1.165) is 66.1 Å². The summed E-state index contributed by atoms with van der Waals surface area (Å²) >= 11 is 6.77. The normalized spacial score (nSPS) is 11.7. The fraction of sp³-hybridized carbons (Fsp3) is 0. The molecule has 212 valence electrons. The van der Waals surface area contributed by atoms with Crippen LogP contribution in [0.25, 0.3) is 89.2 Å². The Morgan fingerprint density at radius 3 is 1.84 bits per heavy atom. The van der Waals surface area contributed by atoms with E-state index >= 15 is 0 Å². The third kappa shape index (κ3) is 4.28. The quantitative estimate of drug-likeness (QED) is 0.201. The van der Waals surface area contributed by atoms with Crippen molar-refractivity contribution in [2.75, 3.05) is 0 Å². The van der Waals surface area contributed by atoms with Gasteiger partial charge in [0.05, 0.1) is 5.02 Å². The van der Waals surface area contributed by atoms with Gasteiger partial charge < -0.3 is 8.83 Å². The highest BCUT2D eigenvalue weighted by atomic mass is 35.5. The second kappa shape index (κ2) is 10.2. The predicted molar refractivity (Wildman–Crippen MR) is 181 cm³/mol. The Bertz CT molecular complexity index is 2550. The first kappa shape index (κ1) is 25.7. The van der Waals surface area contributed by atoms with Gasteiger partial charge >= 0.3 is 0 Å². The lowest BCUT2D eigenvalue weighted by Crippen LogP contribution is -2.00. The minimum atomic E-state index is 0.549. The van der Waals surface area contributed by atoms with Crippen molar-refractivity contribution in [3.8, 4) is 45.3 Å². The molecule has 45 heavy (non-hydrogen) atoms. The van der Waals surface area contributed by atoms with Crippen LogP contribution in [0.4, 0.5) is 0 Å². The molecular formula is C39H22ClN3O2. The number of aromatic nitrogens is 3. The summed E-state index contributed by atoms with van der Waals surface area (Å²) in [6, 6.07) is 44.2. The Labute approximate surface area is 262 Å². The first-order chi connectivity index (χ1) is 22.2. The molecule has 0 N–H and O–H groups in total. The van der Waals surface area contributed by atoms with Crippen LogP contribution in [0, 0.1) is 0 Å². The topological polar surface area (TPSA) is 65.0 Å². The summed E-state index contributed by atoms with van der Waals surface area (Å²) in [5, 5.41) is 4.62. The summed E-state index contributed by atoms with van der Waals surface area (Å²) in [5.74, 6) is 1.69. The number of halogens is 1. The molecule has 6 aromatic carbocycles. The van der Waals surface area contributed by atoms with Crippen molar-refractivity contribution in [1.29, 1.82) is 0 Å². The second-order valence-electron chi connectivity index (χ2n) is 11.0. The molecular weight excluding hydrogens is 578 g/mol. The number of hydrogen-bond donors (Lipinski definition) is 0. The fourth-order valence-corrected chi connectivity index (χ4v) is 6.34. The van der Waals surface area contributed by atoms with Gasteiger partial charge in [0.15, 0.2) is 17.5 Å². The Morgan fingerprint density at radius 2 is 1.02 bits per heavy atom. The molecule has 3 heterocycles. The number of benzene rings is 6. The van der Waals surface area contributed by atoms with Crippen LogP contribution in [0.5, 0.6) is 0 Å². The van der Waals surface area contributed by atoms with Crippen molar-refractivity contribution in [1.82, 2.24) is 15.0 Å². The van der Waals surface area contributed by atoms with E-state index < -0.39 is 0 Å². The van der Waals surface area contributed by atoms with Gasteiger partial charge in [-0.3, -0.25) is 0 Å². The lowest BCUT2D eigenvalue weighted by molar-refractivity contribution is 0.668. The van der Waals surface area contributed by atoms with Crippen molar-refractivity contribution >= 4 is 55.5 Å². The molecule has 0 amide bonds. The molecule has 9 aromatic rings. The van der Waals surface area contributed by atoms with E-state index in [2.05, 4.69) is 30.3 Å². The van der Waals surface area contributed by atoms with Gasteiger partial charge in [-0.15, -0.1) is 0 Å². The molecule has 9 rings (SSSR count). The molecule has 0 radical (unpaired) electrons. The Kier molecular flexibility index (Phi) is 5.80. The highest BCUT2D eigenvalue weighted by Gasteiger charge is 2.20. The van der Waals surface area contributed by atoms with Crippen LogP contribution in [-0.2, 0) is 0 Å². The van der Waals surface area contributed by atoms with Crippen LogP contribution in [0.15, 0.2) is 142 Å². The van der Waals surface area contributed by atoms with E-state index in [1.165, 1.54) is 0 Å². The van der Waals surface area contributed by atoms with E-state index in [4.69, 9.17) is 35.4 Å². The molecule has 0 aliphatic heterocycles.